The van der Waals surface area contributed by atoms with Gasteiger partial charge in [-0.2, -0.15) is 5.10 Å². The Labute approximate surface area is 65.6 Å². The molecule has 0 unspecified atom stereocenters. The summed E-state index contributed by atoms with van der Waals surface area (Å²) in [5, 5.41) is 6.91. The molecule has 2 heteroatoms. The minimum Gasteiger partial charge on any atom is -0.278 e. The number of rotatable bonds is 0. The average molecular weight is 146 g/mol. The number of H-pyrrole nitrogens is 1. The van der Waals surface area contributed by atoms with Crippen LogP contribution in [-0.4, -0.2) is 10.2 Å². The van der Waals surface area contributed by atoms with Crippen LogP contribution in [-0.2, 0) is 6.42 Å². The van der Waals surface area contributed by atoms with Crippen molar-refractivity contribution in [1.29, 1.82) is 0 Å². The number of allylic oxidation sites excluding steroid dienone is 3. The Bertz CT molecular complexity index is 318. The molecule has 56 valence electrons. The van der Waals surface area contributed by atoms with E-state index in [0.29, 0.717) is 0 Å². The van der Waals surface area contributed by atoms with Gasteiger partial charge in [-0.05, 0) is 19.4 Å². The van der Waals surface area contributed by atoms with Crippen LogP contribution in [0.2, 0.25) is 0 Å². The first-order valence-electron chi connectivity index (χ1n) is 3.73. The summed E-state index contributed by atoms with van der Waals surface area (Å²) in [6.07, 6.45) is 9.25. The Hall–Kier alpha value is -1.31. The third kappa shape index (κ3) is 1.11. The molecule has 0 bridgehead atoms. The normalized spacial score (nSPS) is 15.5. The molecule has 11 heavy (non-hydrogen) atoms. The largest absolute Gasteiger partial charge is 0.278 e. The second kappa shape index (κ2) is 2.38. The summed E-state index contributed by atoms with van der Waals surface area (Å²) in [6.45, 7) is 2.11. The molecule has 0 aromatic carbocycles. The van der Waals surface area contributed by atoms with Crippen molar-refractivity contribution in [3.05, 3.63) is 35.2 Å². The van der Waals surface area contributed by atoms with E-state index in [1.807, 2.05) is 6.20 Å². The Morgan fingerprint density at radius 1 is 1.45 bits per heavy atom. The minimum atomic E-state index is 0.991. The van der Waals surface area contributed by atoms with Crippen molar-refractivity contribution in [2.75, 3.05) is 0 Å². The highest BCUT2D eigenvalue weighted by atomic mass is 15.1. The van der Waals surface area contributed by atoms with E-state index in [1.54, 1.807) is 0 Å². The van der Waals surface area contributed by atoms with Gasteiger partial charge in [-0.3, -0.25) is 5.10 Å². The quantitative estimate of drug-likeness (QED) is 0.595. The highest BCUT2D eigenvalue weighted by molar-refractivity contribution is 5.54. The highest BCUT2D eigenvalue weighted by Crippen LogP contribution is 2.14. The Morgan fingerprint density at radius 3 is 3.27 bits per heavy atom. The predicted octanol–water partition coefficient (Wildman–Crippen LogP) is 1.93. The monoisotopic (exact) mass is 146 g/mol. The number of aromatic nitrogens is 2. The molecule has 1 aromatic rings. The zero-order valence-electron chi connectivity index (χ0n) is 6.46. The number of hydrogen-bond donors (Lipinski definition) is 1. The van der Waals surface area contributed by atoms with E-state index in [4.69, 9.17) is 0 Å². The van der Waals surface area contributed by atoms with E-state index in [1.165, 1.54) is 11.1 Å². The Morgan fingerprint density at radius 2 is 2.36 bits per heavy atom. The van der Waals surface area contributed by atoms with Crippen LogP contribution in [0.1, 0.15) is 18.2 Å². The number of fused-ring (bicyclic) bond motifs is 1. The fourth-order valence-corrected chi connectivity index (χ4v) is 1.18. The summed E-state index contributed by atoms with van der Waals surface area (Å²) >= 11 is 0. The summed E-state index contributed by atoms with van der Waals surface area (Å²) in [7, 11) is 0. The van der Waals surface area contributed by atoms with Gasteiger partial charge in [-0.25, -0.2) is 0 Å². The lowest BCUT2D eigenvalue weighted by Crippen LogP contribution is -1.79. The van der Waals surface area contributed by atoms with Crippen LogP contribution in [0, 0.1) is 0 Å². The first kappa shape index (κ1) is 6.40. The molecular weight excluding hydrogens is 136 g/mol. The first-order chi connectivity index (χ1) is 5.36. The van der Waals surface area contributed by atoms with Gasteiger partial charge >= 0.3 is 0 Å². The first-order valence-corrected chi connectivity index (χ1v) is 3.73. The number of aromatic amines is 1. The summed E-state index contributed by atoms with van der Waals surface area (Å²) in [5.41, 5.74) is 3.73. The van der Waals surface area contributed by atoms with Crippen LogP contribution in [0.25, 0.3) is 6.08 Å². The van der Waals surface area contributed by atoms with Gasteiger partial charge in [0.15, 0.2) is 0 Å². The number of nitrogens with one attached hydrogen (secondary N) is 1. The number of nitrogens with zero attached hydrogens (tertiary/aromatic N) is 1. The third-order valence-corrected chi connectivity index (χ3v) is 1.91. The lowest BCUT2D eigenvalue weighted by atomic mass is 10.2. The van der Waals surface area contributed by atoms with Crippen LogP contribution in [0.4, 0.5) is 0 Å². The van der Waals surface area contributed by atoms with Gasteiger partial charge in [-0.1, -0.05) is 17.7 Å². The highest BCUT2D eigenvalue weighted by Gasteiger charge is 2.02. The SMILES string of the molecule is CC1=CCc2cn[nH]c2C=C1. The van der Waals surface area contributed by atoms with Crippen LogP contribution in [0.3, 0.4) is 0 Å². The Balaban J connectivity index is 2.45. The van der Waals surface area contributed by atoms with E-state index in [2.05, 4.69) is 35.3 Å². The van der Waals surface area contributed by atoms with Crippen LogP contribution in [0.5, 0.6) is 0 Å². The van der Waals surface area contributed by atoms with E-state index < -0.39 is 0 Å². The molecule has 1 aliphatic rings. The zero-order chi connectivity index (χ0) is 7.68. The lowest BCUT2D eigenvalue weighted by Gasteiger charge is -1.88. The molecule has 0 saturated heterocycles. The molecule has 1 heterocycles. The van der Waals surface area contributed by atoms with E-state index in [9.17, 15) is 0 Å². The molecule has 1 N–H and O–H groups in total. The third-order valence-electron chi connectivity index (χ3n) is 1.91. The van der Waals surface area contributed by atoms with E-state index >= 15 is 0 Å². The standard InChI is InChI=1S/C9H10N2/c1-7-2-4-8-6-10-11-9(8)5-3-7/h2-3,5-6H,4H2,1H3,(H,10,11). The van der Waals surface area contributed by atoms with Gasteiger partial charge in [0, 0.05) is 5.56 Å². The van der Waals surface area contributed by atoms with Gasteiger partial charge in [0.2, 0.25) is 0 Å². The van der Waals surface area contributed by atoms with Crippen molar-refractivity contribution in [3.63, 3.8) is 0 Å². The molecule has 0 saturated carbocycles. The lowest BCUT2D eigenvalue weighted by molar-refractivity contribution is 1.08. The summed E-state index contributed by atoms with van der Waals surface area (Å²) in [6, 6.07) is 0. The van der Waals surface area contributed by atoms with E-state index in [-0.39, 0.29) is 0 Å². The van der Waals surface area contributed by atoms with E-state index in [0.717, 1.165) is 12.1 Å². The molecule has 0 aliphatic heterocycles. The maximum Gasteiger partial charge on any atom is 0.0613 e. The zero-order valence-corrected chi connectivity index (χ0v) is 6.46. The smallest absolute Gasteiger partial charge is 0.0613 e. The molecule has 1 aromatic heterocycles. The second-order valence-electron chi connectivity index (χ2n) is 2.79. The molecule has 0 amide bonds. The molecule has 1 aliphatic carbocycles. The van der Waals surface area contributed by atoms with Crippen LogP contribution < -0.4 is 0 Å². The predicted molar refractivity (Wildman–Crippen MR) is 45.1 cm³/mol. The molecular formula is C9H10N2. The maximum atomic E-state index is 3.96. The van der Waals surface area contributed by atoms with Crippen molar-refractivity contribution in [2.45, 2.75) is 13.3 Å². The fraction of sp³-hybridized carbons (Fsp3) is 0.222. The molecule has 0 radical (unpaired) electrons. The second-order valence-corrected chi connectivity index (χ2v) is 2.79. The van der Waals surface area contributed by atoms with Gasteiger partial charge < -0.3 is 0 Å². The Kier molecular flexibility index (Phi) is 1.39. The average Bonchev–Trinajstić information content (AvgIpc) is 2.38. The van der Waals surface area contributed by atoms with Crippen molar-refractivity contribution < 1.29 is 0 Å². The van der Waals surface area contributed by atoms with Gasteiger partial charge in [0.1, 0.15) is 0 Å². The molecule has 2 rings (SSSR count). The fourth-order valence-electron chi connectivity index (χ4n) is 1.18. The van der Waals surface area contributed by atoms with Gasteiger partial charge in [0.25, 0.3) is 0 Å². The minimum absolute atomic E-state index is 0.991. The van der Waals surface area contributed by atoms with Crippen LogP contribution in [0.15, 0.2) is 23.9 Å². The van der Waals surface area contributed by atoms with Crippen molar-refractivity contribution in [1.82, 2.24) is 10.2 Å². The molecule has 0 atom stereocenters. The van der Waals surface area contributed by atoms with Crippen molar-refractivity contribution >= 4 is 6.08 Å². The maximum absolute atomic E-state index is 3.96. The van der Waals surface area contributed by atoms with Crippen molar-refractivity contribution in [2.24, 2.45) is 0 Å². The summed E-state index contributed by atoms with van der Waals surface area (Å²) in [5.74, 6) is 0. The summed E-state index contributed by atoms with van der Waals surface area (Å²) < 4.78 is 0. The van der Waals surface area contributed by atoms with Crippen LogP contribution >= 0.6 is 0 Å². The summed E-state index contributed by atoms with van der Waals surface area (Å²) in [4.78, 5) is 0. The van der Waals surface area contributed by atoms with Crippen molar-refractivity contribution in [3.8, 4) is 0 Å². The molecule has 0 fully saturated rings. The van der Waals surface area contributed by atoms with Gasteiger partial charge in [-0.15, -0.1) is 0 Å². The molecule has 0 spiro atoms. The van der Waals surface area contributed by atoms with Gasteiger partial charge in [0.05, 0.1) is 11.9 Å². The molecule has 2 nitrogen and oxygen atoms in total. The number of hydrogen-bond acceptors (Lipinski definition) is 1. The topological polar surface area (TPSA) is 28.7 Å².